The molecule has 0 atom stereocenters. The molecule has 9 nitrogen and oxygen atoms in total. The average molecular weight is 511 g/mol. The number of amides is 1. The zero-order chi connectivity index (χ0) is 21.2. The van der Waals surface area contributed by atoms with Crippen LogP contribution in [0.4, 0.5) is 11.6 Å². The zero-order valence-corrected chi connectivity index (χ0v) is 18.2. The minimum atomic E-state index is -0.596. The van der Waals surface area contributed by atoms with Gasteiger partial charge in [0.2, 0.25) is 0 Å². The van der Waals surface area contributed by atoms with Gasteiger partial charge < -0.3 is 21.9 Å². The number of unbranched alkanes of at least 4 members (excludes halogenated alkanes) is 1. The van der Waals surface area contributed by atoms with Gasteiger partial charge in [-0.2, -0.15) is 0 Å². The molecule has 0 unspecified atom stereocenters. The minimum Gasteiger partial charge on any atom is -0.396 e. The number of guanidine groups is 1. The van der Waals surface area contributed by atoms with Gasteiger partial charge in [-0.15, -0.1) is 0 Å². The summed E-state index contributed by atoms with van der Waals surface area (Å²) in [6.07, 6.45) is 3.39. The number of anilines is 2. The Morgan fingerprint density at radius 1 is 1.07 bits per heavy atom. The number of carbonyl (C=O) groups excluding carboxylic acids is 1. The highest BCUT2D eigenvalue weighted by Gasteiger charge is 2.17. The van der Waals surface area contributed by atoms with Crippen LogP contribution < -0.4 is 22.1 Å². The van der Waals surface area contributed by atoms with Crippen molar-refractivity contribution in [2.75, 3.05) is 24.6 Å². The van der Waals surface area contributed by atoms with Crippen molar-refractivity contribution in [1.29, 1.82) is 5.41 Å². The van der Waals surface area contributed by atoms with Gasteiger partial charge in [-0.25, -0.2) is 9.97 Å². The maximum absolute atomic E-state index is 12.3. The molecule has 0 bridgehead atoms. The van der Waals surface area contributed by atoms with E-state index in [0.717, 1.165) is 24.8 Å². The van der Waals surface area contributed by atoms with Crippen LogP contribution >= 0.6 is 22.6 Å². The molecule has 10 heteroatoms. The first-order valence-electron chi connectivity index (χ1n) is 9.24. The van der Waals surface area contributed by atoms with E-state index in [0.29, 0.717) is 23.1 Å². The van der Waals surface area contributed by atoms with Crippen LogP contribution in [0.3, 0.4) is 0 Å². The number of halogens is 1. The number of aromatic nitrogens is 2. The highest BCUT2D eigenvalue weighted by atomic mass is 127. The van der Waals surface area contributed by atoms with Crippen LogP contribution in [0.15, 0.2) is 24.3 Å². The van der Waals surface area contributed by atoms with Gasteiger partial charge in [-0.3, -0.25) is 15.5 Å². The van der Waals surface area contributed by atoms with E-state index in [-0.39, 0.29) is 29.9 Å². The lowest BCUT2D eigenvalue weighted by Gasteiger charge is -2.11. The van der Waals surface area contributed by atoms with Gasteiger partial charge in [0.15, 0.2) is 17.5 Å². The molecule has 1 aromatic carbocycles. The molecule has 0 saturated carbocycles. The highest BCUT2D eigenvalue weighted by molar-refractivity contribution is 14.1. The van der Waals surface area contributed by atoms with Crippen molar-refractivity contribution in [2.24, 2.45) is 0 Å². The highest BCUT2D eigenvalue weighted by Crippen LogP contribution is 2.15. The minimum absolute atomic E-state index is 0.0398. The Kier molecular flexibility index (Phi) is 9.06. The van der Waals surface area contributed by atoms with Crippen molar-refractivity contribution in [2.45, 2.75) is 30.1 Å². The maximum atomic E-state index is 12.3. The molecule has 0 radical (unpaired) electrons. The third kappa shape index (κ3) is 7.13. The summed E-state index contributed by atoms with van der Waals surface area (Å²) < 4.78 is 0.497. The Morgan fingerprint density at radius 2 is 1.72 bits per heavy atom. The molecule has 8 N–H and O–H groups in total. The number of aliphatic hydroxyl groups is 1. The first-order chi connectivity index (χ1) is 13.9. The number of hydrogen-bond donors (Lipinski definition) is 6. The first kappa shape index (κ1) is 22.8. The van der Waals surface area contributed by atoms with Gasteiger partial charge in [0.05, 0.1) is 5.69 Å². The molecule has 2 aromatic rings. The number of hydrogen-bond acceptors (Lipinski definition) is 7. The topological polar surface area (TPSA) is 163 Å². The van der Waals surface area contributed by atoms with Crippen LogP contribution in [0, 0.1) is 5.41 Å². The van der Waals surface area contributed by atoms with Crippen molar-refractivity contribution in [3.8, 4) is 0 Å². The molecule has 1 heterocycles. The number of nitrogens with zero attached hydrogens (tertiary/aromatic N) is 2. The summed E-state index contributed by atoms with van der Waals surface area (Å²) in [5.74, 6) is -0.574. The number of nitrogens with two attached hydrogens (primary N) is 2. The molecule has 1 amide bonds. The summed E-state index contributed by atoms with van der Waals surface area (Å²) >= 11 is 2.07. The number of aryl methyl sites for hydroxylation is 1. The largest absolute Gasteiger partial charge is 0.396 e. The van der Waals surface area contributed by atoms with Crippen LogP contribution in [-0.4, -0.2) is 40.1 Å². The zero-order valence-electron chi connectivity index (χ0n) is 16.0. The van der Waals surface area contributed by atoms with E-state index < -0.39 is 5.91 Å². The monoisotopic (exact) mass is 511 g/mol. The summed E-state index contributed by atoms with van der Waals surface area (Å²) in [5.41, 5.74) is 14.2. The predicted octanol–water partition coefficient (Wildman–Crippen LogP) is 1.39. The summed E-state index contributed by atoms with van der Waals surface area (Å²) in [4.78, 5) is 20.3. The maximum Gasteiger partial charge on any atom is 0.280 e. The number of rotatable bonds is 9. The quantitative estimate of drug-likeness (QED) is 0.0974. The molecule has 2 rings (SSSR count). The van der Waals surface area contributed by atoms with E-state index in [1.165, 1.54) is 5.56 Å². The van der Waals surface area contributed by atoms with Crippen molar-refractivity contribution >= 4 is 46.1 Å². The molecule has 0 aliphatic carbocycles. The smallest absolute Gasteiger partial charge is 0.280 e. The molecule has 0 aliphatic heterocycles. The second-order valence-corrected chi connectivity index (χ2v) is 7.19. The van der Waals surface area contributed by atoms with Crippen LogP contribution in [0.5, 0.6) is 0 Å². The second-order valence-electron chi connectivity index (χ2n) is 6.43. The SMILES string of the molecule is N=C(NCCCCc1ccc(CCO)cc1)NC(=O)c1nc(CI)c(N)nc1N. The second kappa shape index (κ2) is 11.5. The van der Waals surface area contributed by atoms with E-state index in [2.05, 4.69) is 55.3 Å². The average Bonchev–Trinajstić information content (AvgIpc) is 2.69. The van der Waals surface area contributed by atoms with E-state index >= 15 is 0 Å². The molecule has 156 valence electrons. The van der Waals surface area contributed by atoms with E-state index in [9.17, 15) is 4.79 Å². The first-order valence-corrected chi connectivity index (χ1v) is 10.8. The number of alkyl halides is 1. The molecule has 0 fully saturated rings. The van der Waals surface area contributed by atoms with Gasteiger partial charge in [-0.1, -0.05) is 46.9 Å². The molecular formula is C19H26IN7O2. The Morgan fingerprint density at radius 3 is 2.34 bits per heavy atom. The van der Waals surface area contributed by atoms with Crippen LogP contribution in [-0.2, 0) is 17.3 Å². The lowest BCUT2D eigenvalue weighted by molar-refractivity contribution is 0.0971. The standard InChI is InChI=1S/C19H26IN7O2/c20-11-14-16(21)26-17(22)15(25-14)18(29)27-19(23)24-9-2-1-3-12-4-6-13(7-5-12)8-10-28/h4-7,28H,1-3,8-11H2,(H4,21,22,26)(H3,23,24,27,29). The molecule has 1 aromatic heterocycles. The third-order valence-electron chi connectivity index (χ3n) is 4.22. The third-order valence-corrected chi connectivity index (χ3v) is 4.95. The fourth-order valence-electron chi connectivity index (χ4n) is 2.65. The van der Waals surface area contributed by atoms with Crippen LogP contribution in [0.1, 0.15) is 40.2 Å². The Bertz CT molecular complexity index is 843. The van der Waals surface area contributed by atoms with E-state index in [1.54, 1.807) is 0 Å². The fourth-order valence-corrected chi connectivity index (χ4v) is 3.21. The lowest BCUT2D eigenvalue weighted by Crippen LogP contribution is -2.41. The Hall–Kier alpha value is -2.47. The number of benzene rings is 1. The van der Waals surface area contributed by atoms with Gasteiger partial charge in [0.1, 0.15) is 5.82 Å². The Balaban J connectivity index is 1.72. The molecule has 0 spiro atoms. The number of nitrogen functional groups attached to an aromatic ring is 2. The fraction of sp³-hybridized carbons (Fsp3) is 0.368. The van der Waals surface area contributed by atoms with E-state index in [1.807, 2.05) is 12.1 Å². The number of carbonyl (C=O) groups is 1. The van der Waals surface area contributed by atoms with Gasteiger partial charge >= 0.3 is 0 Å². The Labute approximate surface area is 183 Å². The number of nitrogens with one attached hydrogen (secondary N) is 3. The van der Waals surface area contributed by atoms with Crippen molar-refractivity contribution in [3.63, 3.8) is 0 Å². The van der Waals surface area contributed by atoms with Crippen molar-refractivity contribution < 1.29 is 9.90 Å². The summed E-state index contributed by atoms with van der Waals surface area (Å²) in [6.45, 7) is 0.716. The van der Waals surface area contributed by atoms with Gasteiger partial charge in [0.25, 0.3) is 5.91 Å². The van der Waals surface area contributed by atoms with Crippen LogP contribution in [0.2, 0.25) is 0 Å². The summed E-state index contributed by atoms with van der Waals surface area (Å²) in [5, 5.41) is 22.1. The molecular weight excluding hydrogens is 485 g/mol. The normalized spacial score (nSPS) is 10.6. The summed E-state index contributed by atoms with van der Waals surface area (Å²) in [6, 6.07) is 8.21. The van der Waals surface area contributed by atoms with Crippen molar-refractivity contribution in [3.05, 3.63) is 46.8 Å². The van der Waals surface area contributed by atoms with Crippen LogP contribution in [0.25, 0.3) is 0 Å². The van der Waals surface area contributed by atoms with Crippen molar-refractivity contribution in [1.82, 2.24) is 20.6 Å². The predicted molar refractivity (Wildman–Crippen MR) is 122 cm³/mol. The van der Waals surface area contributed by atoms with Gasteiger partial charge in [0, 0.05) is 17.6 Å². The van der Waals surface area contributed by atoms with E-state index in [4.69, 9.17) is 22.0 Å². The lowest BCUT2D eigenvalue weighted by atomic mass is 10.0. The molecule has 29 heavy (non-hydrogen) atoms. The number of aliphatic hydroxyl groups excluding tert-OH is 1. The molecule has 0 saturated heterocycles. The molecule has 0 aliphatic rings. The summed E-state index contributed by atoms with van der Waals surface area (Å²) in [7, 11) is 0. The van der Waals surface area contributed by atoms with Gasteiger partial charge in [-0.05, 0) is 36.8 Å².